The summed E-state index contributed by atoms with van der Waals surface area (Å²) in [7, 11) is 2.62. The molecular formula is C16H20N2O6. The fourth-order valence-corrected chi connectivity index (χ4v) is 1.52. The number of methoxy groups -OCH3 is 2. The molecule has 0 aliphatic carbocycles. The second-order valence-electron chi connectivity index (χ2n) is 4.65. The van der Waals surface area contributed by atoms with Gasteiger partial charge in [-0.2, -0.15) is 0 Å². The molecule has 8 nitrogen and oxygen atoms in total. The van der Waals surface area contributed by atoms with E-state index in [0.717, 1.165) is 5.56 Å². The average Bonchev–Trinajstić information content (AvgIpc) is 2.57. The zero-order chi connectivity index (χ0) is 17.4. The maximum absolute atomic E-state index is 11.0. The van der Waals surface area contributed by atoms with Crippen molar-refractivity contribution in [3.63, 3.8) is 0 Å². The number of hydrogen-bond acceptors (Lipinski definition) is 6. The maximum atomic E-state index is 11.0. The number of ether oxygens (including phenoxy) is 2. The lowest BCUT2D eigenvalue weighted by Crippen LogP contribution is -2.17. The summed E-state index contributed by atoms with van der Waals surface area (Å²) in [6, 6.07) is 6.64. The van der Waals surface area contributed by atoms with Crippen LogP contribution in [-0.4, -0.2) is 36.6 Å². The minimum atomic E-state index is -0.535. The van der Waals surface area contributed by atoms with E-state index in [1.54, 1.807) is 25.3 Å². The molecule has 0 fully saturated rings. The van der Waals surface area contributed by atoms with Crippen LogP contribution in [0.2, 0.25) is 0 Å². The number of carbonyl (C=O) groups is 2. The minimum Gasteiger partial charge on any atom is -0.870 e. The van der Waals surface area contributed by atoms with Crippen LogP contribution in [0.25, 0.3) is 0 Å². The number of esters is 2. The fourth-order valence-electron chi connectivity index (χ4n) is 1.52. The van der Waals surface area contributed by atoms with Crippen molar-refractivity contribution in [3.05, 3.63) is 63.3 Å². The SMILES string of the molecule is COC(=O)c1ccc(C)c(=O)[nH]1.COC(=O)c1ccc(C)c[nH+]1.[OH-]. The van der Waals surface area contributed by atoms with Gasteiger partial charge >= 0.3 is 11.9 Å². The van der Waals surface area contributed by atoms with Crippen molar-refractivity contribution in [1.29, 1.82) is 0 Å². The van der Waals surface area contributed by atoms with Gasteiger partial charge in [-0.3, -0.25) is 4.79 Å². The third-order valence-electron chi connectivity index (χ3n) is 2.89. The van der Waals surface area contributed by atoms with Crippen LogP contribution in [0.1, 0.15) is 32.1 Å². The van der Waals surface area contributed by atoms with Crippen molar-refractivity contribution in [3.8, 4) is 0 Å². The van der Waals surface area contributed by atoms with E-state index in [4.69, 9.17) is 0 Å². The van der Waals surface area contributed by atoms with Crippen molar-refractivity contribution in [2.75, 3.05) is 14.2 Å². The zero-order valence-electron chi connectivity index (χ0n) is 13.9. The monoisotopic (exact) mass is 336 g/mol. The Morgan fingerprint density at radius 3 is 2.08 bits per heavy atom. The third-order valence-corrected chi connectivity index (χ3v) is 2.89. The Labute approximate surface area is 138 Å². The van der Waals surface area contributed by atoms with Gasteiger partial charge in [0.05, 0.1) is 14.2 Å². The Morgan fingerprint density at radius 1 is 1.00 bits per heavy atom. The van der Waals surface area contributed by atoms with Crippen LogP contribution in [0.5, 0.6) is 0 Å². The Bertz CT molecular complexity index is 737. The molecule has 2 aromatic heterocycles. The number of hydrogen-bond donors (Lipinski definition) is 1. The van der Waals surface area contributed by atoms with Crippen LogP contribution < -0.4 is 10.5 Å². The number of carbonyl (C=O) groups excluding carboxylic acids is 2. The van der Waals surface area contributed by atoms with Crippen LogP contribution >= 0.6 is 0 Å². The van der Waals surface area contributed by atoms with Crippen LogP contribution in [0.3, 0.4) is 0 Å². The molecule has 130 valence electrons. The highest BCUT2D eigenvalue weighted by molar-refractivity contribution is 5.87. The van der Waals surface area contributed by atoms with E-state index in [1.165, 1.54) is 20.3 Å². The molecule has 0 aliphatic rings. The summed E-state index contributed by atoms with van der Waals surface area (Å²) >= 11 is 0. The Balaban J connectivity index is 0.000000425. The largest absolute Gasteiger partial charge is 0.870 e. The smallest absolute Gasteiger partial charge is 0.403 e. The van der Waals surface area contributed by atoms with Crippen LogP contribution in [0.15, 0.2) is 35.3 Å². The predicted molar refractivity (Wildman–Crippen MR) is 84.1 cm³/mol. The van der Waals surface area contributed by atoms with E-state index in [1.807, 2.05) is 13.0 Å². The number of nitrogens with one attached hydrogen (secondary N) is 2. The van der Waals surface area contributed by atoms with Gasteiger partial charge < -0.3 is 19.9 Å². The molecule has 2 heterocycles. The molecule has 24 heavy (non-hydrogen) atoms. The van der Waals surface area contributed by atoms with Crippen LogP contribution in [-0.2, 0) is 9.47 Å². The first-order valence-corrected chi connectivity index (χ1v) is 6.74. The number of rotatable bonds is 2. The summed E-state index contributed by atoms with van der Waals surface area (Å²) in [5.74, 6) is -0.878. The maximum Gasteiger partial charge on any atom is 0.403 e. The van der Waals surface area contributed by atoms with Crippen molar-refractivity contribution < 1.29 is 29.5 Å². The lowest BCUT2D eigenvalue weighted by Gasteiger charge is -1.98. The second-order valence-corrected chi connectivity index (χ2v) is 4.65. The van der Waals surface area contributed by atoms with Crippen molar-refractivity contribution in [2.24, 2.45) is 0 Å². The van der Waals surface area contributed by atoms with Crippen molar-refractivity contribution in [1.82, 2.24) is 4.98 Å². The van der Waals surface area contributed by atoms with Gasteiger partial charge in [-0.25, -0.2) is 14.6 Å². The molecule has 0 unspecified atom stereocenters. The molecule has 0 saturated heterocycles. The van der Waals surface area contributed by atoms with Gasteiger partial charge in [0.2, 0.25) is 0 Å². The standard InChI is InChI=1S/C8H9NO3.C8H9NO2.H2O/c1-5-3-4-6(8(11)12-2)9-7(5)10;1-6-3-4-7(9-5-6)8(10)11-2;/h3-4H,1-2H3,(H,9,10);3-5H,1-2H3;1H2. The lowest BCUT2D eigenvalue weighted by molar-refractivity contribution is -0.384. The molecule has 0 aromatic carbocycles. The highest BCUT2D eigenvalue weighted by atomic mass is 16.5. The summed E-state index contributed by atoms with van der Waals surface area (Å²) in [4.78, 5) is 38.0. The number of aromatic amines is 2. The molecule has 3 N–H and O–H groups in total. The van der Waals surface area contributed by atoms with Gasteiger partial charge in [0.1, 0.15) is 5.69 Å². The van der Waals surface area contributed by atoms with Gasteiger partial charge in [0.15, 0.2) is 6.20 Å². The molecular weight excluding hydrogens is 316 g/mol. The lowest BCUT2D eigenvalue weighted by atomic mass is 10.3. The quantitative estimate of drug-likeness (QED) is 0.811. The van der Waals surface area contributed by atoms with E-state index in [0.29, 0.717) is 11.3 Å². The summed E-state index contributed by atoms with van der Waals surface area (Å²) in [6.45, 7) is 3.61. The number of pyridine rings is 2. The fraction of sp³-hybridized carbons (Fsp3) is 0.250. The molecule has 0 aliphatic heterocycles. The van der Waals surface area contributed by atoms with Crippen LogP contribution in [0, 0.1) is 13.8 Å². The first kappa shape index (κ1) is 21.0. The highest BCUT2D eigenvalue weighted by Gasteiger charge is 2.11. The van der Waals surface area contributed by atoms with Crippen LogP contribution in [0.4, 0.5) is 0 Å². The molecule has 0 saturated carbocycles. The van der Waals surface area contributed by atoms with E-state index in [-0.39, 0.29) is 22.7 Å². The van der Waals surface area contributed by atoms with E-state index < -0.39 is 5.97 Å². The minimum absolute atomic E-state index is 0. The summed E-state index contributed by atoms with van der Waals surface area (Å²) in [5.41, 5.74) is 2.03. The second kappa shape index (κ2) is 9.90. The average molecular weight is 336 g/mol. The van der Waals surface area contributed by atoms with Gasteiger partial charge in [-0.15, -0.1) is 0 Å². The van der Waals surface area contributed by atoms with Gasteiger partial charge in [0, 0.05) is 17.2 Å². The number of aryl methyl sites for hydroxylation is 2. The first-order valence-electron chi connectivity index (χ1n) is 6.74. The Hall–Kier alpha value is -3.00. The van der Waals surface area contributed by atoms with E-state index >= 15 is 0 Å². The topological polar surface area (TPSA) is 130 Å². The Morgan fingerprint density at radius 2 is 1.62 bits per heavy atom. The molecule has 0 atom stereocenters. The van der Waals surface area contributed by atoms with Crippen molar-refractivity contribution >= 4 is 11.9 Å². The van der Waals surface area contributed by atoms with Crippen molar-refractivity contribution in [2.45, 2.75) is 13.8 Å². The summed E-state index contributed by atoms with van der Waals surface area (Å²) < 4.78 is 8.93. The molecule has 0 amide bonds. The molecule has 2 aromatic rings. The summed E-state index contributed by atoms with van der Waals surface area (Å²) in [5, 5.41) is 0. The van der Waals surface area contributed by atoms with Gasteiger partial charge in [-0.1, -0.05) is 6.07 Å². The molecule has 0 bridgehead atoms. The molecule has 0 radical (unpaired) electrons. The van der Waals surface area contributed by atoms with E-state index in [2.05, 4.69) is 19.4 Å². The Kier molecular flexibility index (Phi) is 8.67. The van der Waals surface area contributed by atoms with Gasteiger partial charge in [0.25, 0.3) is 11.3 Å². The number of H-pyrrole nitrogens is 2. The first-order chi connectivity index (χ1) is 10.9. The zero-order valence-corrected chi connectivity index (χ0v) is 13.9. The molecule has 0 spiro atoms. The predicted octanol–water partition coefficient (Wildman–Crippen LogP) is 0.889. The molecule has 8 heteroatoms. The van der Waals surface area contributed by atoms with Gasteiger partial charge in [-0.05, 0) is 26.0 Å². The number of aromatic nitrogens is 2. The summed E-state index contributed by atoms with van der Waals surface area (Å²) in [6.07, 6.45) is 1.76. The van der Waals surface area contributed by atoms with E-state index in [9.17, 15) is 14.4 Å². The highest BCUT2D eigenvalue weighted by Crippen LogP contribution is 1.95. The normalized spacial score (nSPS) is 9.00. The molecule has 2 rings (SSSR count). The third kappa shape index (κ3) is 6.01.